The lowest BCUT2D eigenvalue weighted by Crippen LogP contribution is -2.43. The molecule has 1 aromatic rings. The number of rotatable bonds is 6. The van der Waals surface area contributed by atoms with Gasteiger partial charge in [0.15, 0.2) is 5.76 Å². The molecule has 1 N–H and O–H groups in total. The van der Waals surface area contributed by atoms with Crippen LogP contribution < -0.4 is 5.32 Å². The SMILES string of the molecule is COCc1ccc(C(=O)N[C@@H](C)CN2CCCCC2)o1. The average molecular weight is 280 g/mol. The van der Waals surface area contributed by atoms with Crippen LogP contribution in [0.3, 0.4) is 0 Å². The Kier molecular flexibility index (Phi) is 5.61. The lowest BCUT2D eigenvalue weighted by atomic mass is 10.1. The average Bonchev–Trinajstić information content (AvgIpc) is 2.89. The monoisotopic (exact) mass is 280 g/mol. The smallest absolute Gasteiger partial charge is 0.287 e. The zero-order valence-corrected chi connectivity index (χ0v) is 12.4. The van der Waals surface area contributed by atoms with Gasteiger partial charge in [-0.1, -0.05) is 6.42 Å². The number of furan rings is 1. The topological polar surface area (TPSA) is 54.7 Å². The van der Waals surface area contributed by atoms with Gasteiger partial charge in [-0.05, 0) is 45.0 Å². The molecular formula is C15H24N2O3. The van der Waals surface area contributed by atoms with Crippen LogP contribution in [0.1, 0.15) is 42.5 Å². The Labute approximate surface area is 120 Å². The van der Waals surface area contributed by atoms with Crippen LogP contribution in [-0.2, 0) is 11.3 Å². The fraction of sp³-hybridized carbons (Fsp3) is 0.667. The van der Waals surface area contributed by atoms with Gasteiger partial charge in [-0.15, -0.1) is 0 Å². The van der Waals surface area contributed by atoms with Gasteiger partial charge < -0.3 is 19.4 Å². The Hall–Kier alpha value is -1.33. The fourth-order valence-corrected chi connectivity index (χ4v) is 2.59. The molecule has 0 unspecified atom stereocenters. The number of hydrogen-bond donors (Lipinski definition) is 1. The quantitative estimate of drug-likeness (QED) is 0.866. The predicted molar refractivity (Wildman–Crippen MR) is 76.6 cm³/mol. The number of likely N-dealkylation sites (tertiary alicyclic amines) is 1. The molecule has 1 amide bonds. The Morgan fingerprint density at radius 3 is 2.85 bits per heavy atom. The van der Waals surface area contributed by atoms with E-state index in [0.29, 0.717) is 18.1 Å². The number of piperidine rings is 1. The van der Waals surface area contributed by atoms with Crippen LogP contribution in [0.2, 0.25) is 0 Å². The van der Waals surface area contributed by atoms with Gasteiger partial charge in [0.05, 0.1) is 0 Å². The molecule has 1 aliphatic heterocycles. The van der Waals surface area contributed by atoms with Crippen LogP contribution in [0.5, 0.6) is 0 Å². The molecule has 1 atom stereocenters. The van der Waals surface area contributed by atoms with E-state index in [1.54, 1.807) is 19.2 Å². The van der Waals surface area contributed by atoms with E-state index in [2.05, 4.69) is 10.2 Å². The Morgan fingerprint density at radius 2 is 2.15 bits per heavy atom. The minimum Gasteiger partial charge on any atom is -0.453 e. The Morgan fingerprint density at radius 1 is 1.40 bits per heavy atom. The molecule has 112 valence electrons. The molecule has 1 saturated heterocycles. The highest BCUT2D eigenvalue weighted by molar-refractivity contribution is 5.91. The first-order valence-corrected chi connectivity index (χ1v) is 7.30. The van der Waals surface area contributed by atoms with Gasteiger partial charge >= 0.3 is 0 Å². The number of nitrogens with zero attached hydrogens (tertiary/aromatic N) is 1. The molecule has 1 aromatic heterocycles. The van der Waals surface area contributed by atoms with Crippen LogP contribution in [0, 0.1) is 0 Å². The summed E-state index contributed by atoms with van der Waals surface area (Å²) in [6.45, 7) is 5.59. The van der Waals surface area contributed by atoms with Gasteiger partial charge in [-0.2, -0.15) is 0 Å². The molecule has 0 aromatic carbocycles. The van der Waals surface area contributed by atoms with E-state index in [-0.39, 0.29) is 11.9 Å². The lowest BCUT2D eigenvalue weighted by molar-refractivity contribution is 0.0889. The van der Waals surface area contributed by atoms with Crippen molar-refractivity contribution < 1.29 is 13.9 Å². The second-order valence-corrected chi connectivity index (χ2v) is 5.43. The third-order valence-electron chi connectivity index (χ3n) is 3.53. The Bertz CT molecular complexity index is 425. The van der Waals surface area contributed by atoms with E-state index in [0.717, 1.165) is 19.6 Å². The number of carbonyl (C=O) groups excluding carboxylic acids is 1. The molecule has 20 heavy (non-hydrogen) atoms. The fourth-order valence-electron chi connectivity index (χ4n) is 2.59. The second kappa shape index (κ2) is 7.45. The number of amides is 1. The highest BCUT2D eigenvalue weighted by Gasteiger charge is 2.17. The van der Waals surface area contributed by atoms with Crippen molar-refractivity contribution in [3.05, 3.63) is 23.7 Å². The van der Waals surface area contributed by atoms with Crippen molar-refractivity contribution in [1.29, 1.82) is 0 Å². The van der Waals surface area contributed by atoms with Crippen LogP contribution in [-0.4, -0.2) is 43.6 Å². The summed E-state index contributed by atoms with van der Waals surface area (Å²) in [4.78, 5) is 14.5. The van der Waals surface area contributed by atoms with Gasteiger partial charge in [0.2, 0.25) is 0 Å². The lowest BCUT2D eigenvalue weighted by Gasteiger charge is -2.29. The summed E-state index contributed by atoms with van der Waals surface area (Å²) in [5.74, 6) is 0.862. The van der Waals surface area contributed by atoms with E-state index in [4.69, 9.17) is 9.15 Å². The van der Waals surface area contributed by atoms with Gasteiger partial charge in [-0.25, -0.2) is 0 Å². The molecule has 2 heterocycles. The molecule has 0 radical (unpaired) electrons. The van der Waals surface area contributed by atoms with Gasteiger partial charge in [0, 0.05) is 19.7 Å². The first kappa shape index (κ1) is 15.1. The maximum absolute atomic E-state index is 12.1. The van der Waals surface area contributed by atoms with Crippen molar-refractivity contribution in [2.75, 3.05) is 26.7 Å². The summed E-state index contributed by atoms with van der Waals surface area (Å²) in [6.07, 6.45) is 3.85. The van der Waals surface area contributed by atoms with E-state index in [9.17, 15) is 4.79 Å². The van der Waals surface area contributed by atoms with Crippen LogP contribution in [0.25, 0.3) is 0 Å². The number of hydrogen-bond acceptors (Lipinski definition) is 4. The van der Waals surface area contributed by atoms with Gasteiger partial charge in [-0.3, -0.25) is 4.79 Å². The van der Waals surface area contributed by atoms with E-state index < -0.39 is 0 Å². The van der Waals surface area contributed by atoms with Gasteiger partial charge in [0.1, 0.15) is 12.4 Å². The summed E-state index contributed by atoms with van der Waals surface area (Å²) >= 11 is 0. The van der Waals surface area contributed by atoms with Crippen molar-refractivity contribution >= 4 is 5.91 Å². The minimum atomic E-state index is -0.156. The third-order valence-corrected chi connectivity index (χ3v) is 3.53. The number of methoxy groups -OCH3 is 1. The number of carbonyl (C=O) groups is 1. The van der Waals surface area contributed by atoms with Crippen molar-refractivity contribution in [3.63, 3.8) is 0 Å². The van der Waals surface area contributed by atoms with Gasteiger partial charge in [0.25, 0.3) is 5.91 Å². The van der Waals surface area contributed by atoms with Crippen molar-refractivity contribution in [3.8, 4) is 0 Å². The first-order valence-electron chi connectivity index (χ1n) is 7.30. The first-order chi connectivity index (χ1) is 9.69. The molecule has 0 spiro atoms. The maximum Gasteiger partial charge on any atom is 0.287 e. The zero-order valence-electron chi connectivity index (χ0n) is 12.4. The highest BCUT2D eigenvalue weighted by Crippen LogP contribution is 2.11. The summed E-state index contributed by atoms with van der Waals surface area (Å²) in [6, 6.07) is 3.59. The summed E-state index contributed by atoms with van der Waals surface area (Å²) < 4.78 is 10.4. The molecule has 5 heteroatoms. The molecular weight excluding hydrogens is 256 g/mol. The predicted octanol–water partition coefficient (Wildman–Crippen LogP) is 2.03. The number of ether oxygens (including phenoxy) is 1. The molecule has 0 bridgehead atoms. The summed E-state index contributed by atoms with van der Waals surface area (Å²) in [5, 5.41) is 2.98. The molecule has 1 fully saturated rings. The normalized spacial score (nSPS) is 17.9. The highest BCUT2D eigenvalue weighted by atomic mass is 16.5. The largest absolute Gasteiger partial charge is 0.453 e. The van der Waals surface area contributed by atoms with E-state index in [1.165, 1.54) is 19.3 Å². The Balaban J connectivity index is 1.80. The van der Waals surface area contributed by atoms with E-state index in [1.807, 2.05) is 6.92 Å². The van der Waals surface area contributed by atoms with Crippen molar-refractivity contribution in [2.24, 2.45) is 0 Å². The van der Waals surface area contributed by atoms with Crippen molar-refractivity contribution in [1.82, 2.24) is 10.2 Å². The standard InChI is InChI=1S/C15H24N2O3/c1-12(10-17-8-4-3-5-9-17)16-15(18)14-7-6-13(20-14)11-19-2/h6-7,12H,3-5,8-11H2,1-2H3,(H,16,18)/t12-/m0/s1. The number of nitrogens with one attached hydrogen (secondary N) is 1. The van der Waals surface area contributed by atoms with E-state index >= 15 is 0 Å². The van der Waals surface area contributed by atoms with Crippen molar-refractivity contribution in [2.45, 2.75) is 38.8 Å². The molecule has 1 aliphatic rings. The minimum absolute atomic E-state index is 0.122. The zero-order chi connectivity index (χ0) is 14.4. The second-order valence-electron chi connectivity index (χ2n) is 5.43. The maximum atomic E-state index is 12.1. The molecule has 2 rings (SSSR count). The summed E-state index contributed by atoms with van der Waals surface area (Å²) in [5.41, 5.74) is 0. The summed E-state index contributed by atoms with van der Waals surface area (Å²) in [7, 11) is 1.60. The molecule has 5 nitrogen and oxygen atoms in total. The van der Waals surface area contributed by atoms with Crippen LogP contribution in [0.4, 0.5) is 0 Å². The van der Waals surface area contributed by atoms with Crippen LogP contribution in [0.15, 0.2) is 16.5 Å². The third kappa shape index (κ3) is 4.35. The van der Waals surface area contributed by atoms with Crippen LogP contribution >= 0.6 is 0 Å². The molecule has 0 saturated carbocycles. The molecule has 0 aliphatic carbocycles.